The van der Waals surface area contributed by atoms with E-state index in [0.717, 1.165) is 6.54 Å². The Morgan fingerprint density at radius 3 is 3.06 bits per heavy atom. The maximum Gasteiger partial charge on any atom is 0.257 e. The van der Waals surface area contributed by atoms with Crippen molar-refractivity contribution in [1.29, 1.82) is 0 Å². The highest BCUT2D eigenvalue weighted by atomic mass is 16.2. The van der Waals surface area contributed by atoms with Crippen LogP contribution in [0.3, 0.4) is 0 Å². The predicted molar refractivity (Wildman–Crippen MR) is 61.7 cm³/mol. The second-order valence-electron chi connectivity index (χ2n) is 4.19. The first-order valence-corrected chi connectivity index (χ1v) is 5.38. The van der Waals surface area contributed by atoms with E-state index in [2.05, 4.69) is 10.4 Å². The Morgan fingerprint density at radius 1 is 1.69 bits per heavy atom. The van der Waals surface area contributed by atoms with E-state index < -0.39 is 0 Å². The van der Waals surface area contributed by atoms with Crippen LogP contribution < -0.4 is 11.3 Å². The molecule has 0 spiro atoms. The Morgan fingerprint density at radius 2 is 2.44 bits per heavy atom. The van der Waals surface area contributed by atoms with Crippen molar-refractivity contribution < 1.29 is 4.79 Å². The van der Waals surface area contributed by atoms with E-state index in [0.29, 0.717) is 17.2 Å². The van der Waals surface area contributed by atoms with Crippen molar-refractivity contribution in [2.75, 3.05) is 19.0 Å². The second-order valence-corrected chi connectivity index (χ2v) is 4.19. The molecule has 1 saturated carbocycles. The van der Waals surface area contributed by atoms with Crippen LogP contribution in [0, 0.1) is 5.92 Å². The molecular weight excluding hydrogens is 204 g/mol. The van der Waals surface area contributed by atoms with Crippen LogP contribution in [-0.2, 0) is 0 Å². The summed E-state index contributed by atoms with van der Waals surface area (Å²) in [6, 6.07) is 1.69. The molecule has 3 N–H and O–H groups in total. The molecule has 5 nitrogen and oxygen atoms in total. The monoisotopic (exact) mass is 220 g/mol. The van der Waals surface area contributed by atoms with Gasteiger partial charge in [0, 0.05) is 26.0 Å². The zero-order valence-corrected chi connectivity index (χ0v) is 9.31. The van der Waals surface area contributed by atoms with E-state index in [9.17, 15) is 4.79 Å². The number of nitrogens with zero attached hydrogens (tertiary/aromatic N) is 2. The summed E-state index contributed by atoms with van der Waals surface area (Å²) in [6.45, 7) is 0.817. The van der Waals surface area contributed by atoms with Crippen LogP contribution in [-0.4, -0.2) is 29.4 Å². The summed E-state index contributed by atoms with van der Waals surface area (Å²) in [7, 11) is 1.81. The standard InChI is InChI=1S/C11H16N4O/c1-15(7-8-2-3-8)11(16)9-6-13-5-4-10(9)14-12/h4-6,8H,2-3,7,12H2,1H3,(H,13,14). The fourth-order valence-electron chi connectivity index (χ4n) is 1.67. The van der Waals surface area contributed by atoms with Crippen molar-refractivity contribution in [2.45, 2.75) is 12.8 Å². The lowest BCUT2D eigenvalue weighted by Gasteiger charge is -2.18. The minimum Gasteiger partial charge on any atom is -0.341 e. The molecular formula is C11H16N4O. The van der Waals surface area contributed by atoms with Gasteiger partial charge in [0.2, 0.25) is 0 Å². The van der Waals surface area contributed by atoms with Crippen LogP contribution in [0.2, 0.25) is 0 Å². The molecule has 0 radical (unpaired) electrons. The molecule has 16 heavy (non-hydrogen) atoms. The summed E-state index contributed by atoms with van der Waals surface area (Å²) in [5.41, 5.74) is 3.65. The van der Waals surface area contributed by atoms with Crippen molar-refractivity contribution in [3.63, 3.8) is 0 Å². The van der Waals surface area contributed by atoms with E-state index >= 15 is 0 Å². The van der Waals surface area contributed by atoms with E-state index in [1.807, 2.05) is 7.05 Å². The van der Waals surface area contributed by atoms with Crippen LogP contribution in [0.4, 0.5) is 5.69 Å². The fraction of sp³-hybridized carbons (Fsp3) is 0.455. The highest BCUT2D eigenvalue weighted by Gasteiger charge is 2.26. The summed E-state index contributed by atoms with van der Waals surface area (Å²) in [6.07, 6.45) is 5.60. The number of hydrogen-bond donors (Lipinski definition) is 2. The SMILES string of the molecule is CN(CC1CC1)C(=O)c1cnccc1NN. The highest BCUT2D eigenvalue weighted by molar-refractivity contribution is 5.99. The third kappa shape index (κ3) is 2.30. The Bertz CT molecular complexity index is 389. The number of carbonyl (C=O) groups is 1. The van der Waals surface area contributed by atoms with Gasteiger partial charge >= 0.3 is 0 Å². The zero-order valence-electron chi connectivity index (χ0n) is 9.31. The Labute approximate surface area is 94.6 Å². The third-order valence-electron chi connectivity index (χ3n) is 2.78. The molecule has 1 aliphatic rings. The topological polar surface area (TPSA) is 71.2 Å². The van der Waals surface area contributed by atoms with Gasteiger partial charge in [-0.15, -0.1) is 0 Å². The number of carbonyl (C=O) groups excluding carboxylic acids is 1. The molecule has 0 aliphatic heterocycles. The van der Waals surface area contributed by atoms with Crippen molar-refractivity contribution in [2.24, 2.45) is 11.8 Å². The number of amides is 1. The van der Waals surface area contributed by atoms with Crippen molar-refractivity contribution >= 4 is 11.6 Å². The van der Waals surface area contributed by atoms with Gasteiger partial charge in [-0.3, -0.25) is 15.6 Å². The molecule has 1 aromatic rings. The lowest BCUT2D eigenvalue weighted by Crippen LogP contribution is -2.30. The molecule has 1 heterocycles. The lowest BCUT2D eigenvalue weighted by atomic mass is 10.2. The number of hydrogen-bond acceptors (Lipinski definition) is 4. The van der Waals surface area contributed by atoms with Gasteiger partial charge in [-0.25, -0.2) is 0 Å². The molecule has 0 aromatic carbocycles. The summed E-state index contributed by atoms with van der Waals surface area (Å²) in [5.74, 6) is 6.00. The summed E-state index contributed by atoms with van der Waals surface area (Å²) >= 11 is 0. The van der Waals surface area contributed by atoms with E-state index in [4.69, 9.17) is 5.84 Å². The number of nitrogen functional groups attached to an aromatic ring is 1. The number of pyridine rings is 1. The lowest BCUT2D eigenvalue weighted by molar-refractivity contribution is 0.0789. The quantitative estimate of drug-likeness (QED) is 0.583. The first kappa shape index (κ1) is 10.9. The Balaban J connectivity index is 2.11. The molecule has 0 bridgehead atoms. The number of hydrazine groups is 1. The van der Waals surface area contributed by atoms with Gasteiger partial charge in [-0.05, 0) is 24.8 Å². The third-order valence-corrected chi connectivity index (χ3v) is 2.78. The maximum absolute atomic E-state index is 12.1. The van der Waals surface area contributed by atoms with Crippen LogP contribution in [0.5, 0.6) is 0 Å². The largest absolute Gasteiger partial charge is 0.341 e. The van der Waals surface area contributed by atoms with Crippen LogP contribution >= 0.6 is 0 Å². The fourth-order valence-corrected chi connectivity index (χ4v) is 1.67. The van der Waals surface area contributed by atoms with E-state index in [-0.39, 0.29) is 5.91 Å². The molecule has 86 valence electrons. The molecule has 0 atom stereocenters. The van der Waals surface area contributed by atoms with Crippen molar-refractivity contribution in [3.8, 4) is 0 Å². The Kier molecular flexibility index (Phi) is 3.05. The van der Waals surface area contributed by atoms with Gasteiger partial charge in [0.05, 0.1) is 11.3 Å². The molecule has 5 heteroatoms. The zero-order chi connectivity index (χ0) is 11.5. The van der Waals surface area contributed by atoms with Gasteiger partial charge in [0.15, 0.2) is 0 Å². The van der Waals surface area contributed by atoms with E-state index in [1.165, 1.54) is 12.8 Å². The van der Waals surface area contributed by atoms with Gasteiger partial charge in [0.1, 0.15) is 0 Å². The van der Waals surface area contributed by atoms with Crippen molar-refractivity contribution in [1.82, 2.24) is 9.88 Å². The number of aromatic nitrogens is 1. The van der Waals surface area contributed by atoms with Gasteiger partial charge < -0.3 is 10.3 Å². The normalized spacial score (nSPS) is 14.6. The molecule has 0 unspecified atom stereocenters. The minimum absolute atomic E-state index is 0.0343. The molecule has 2 rings (SSSR count). The molecule has 1 aromatic heterocycles. The molecule has 0 saturated heterocycles. The summed E-state index contributed by atoms with van der Waals surface area (Å²) in [5, 5.41) is 0. The molecule has 1 aliphatic carbocycles. The first-order chi connectivity index (χ1) is 7.72. The first-order valence-electron chi connectivity index (χ1n) is 5.38. The summed E-state index contributed by atoms with van der Waals surface area (Å²) in [4.78, 5) is 17.8. The number of rotatable bonds is 4. The van der Waals surface area contributed by atoms with Gasteiger partial charge in [0.25, 0.3) is 5.91 Å². The van der Waals surface area contributed by atoms with Gasteiger partial charge in [-0.2, -0.15) is 0 Å². The van der Waals surface area contributed by atoms with Crippen LogP contribution in [0.1, 0.15) is 23.2 Å². The highest BCUT2D eigenvalue weighted by Crippen LogP contribution is 2.29. The van der Waals surface area contributed by atoms with E-state index in [1.54, 1.807) is 23.4 Å². The molecule has 1 amide bonds. The second kappa shape index (κ2) is 4.49. The van der Waals surface area contributed by atoms with Gasteiger partial charge in [-0.1, -0.05) is 0 Å². The predicted octanol–water partition coefficient (Wildman–Crippen LogP) is 0.849. The summed E-state index contributed by atoms with van der Waals surface area (Å²) < 4.78 is 0. The average molecular weight is 220 g/mol. The Hall–Kier alpha value is -1.62. The minimum atomic E-state index is -0.0343. The molecule has 1 fully saturated rings. The number of anilines is 1. The van der Waals surface area contributed by atoms with Crippen LogP contribution in [0.15, 0.2) is 18.5 Å². The number of nitrogens with two attached hydrogens (primary N) is 1. The van der Waals surface area contributed by atoms with Crippen LogP contribution in [0.25, 0.3) is 0 Å². The maximum atomic E-state index is 12.1. The smallest absolute Gasteiger partial charge is 0.257 e. The average Bonchev–Trinajstić information content (AvgIpc) is 3.11. The van der Waals surface area contributed by atoms with Crippen molar-refractivity contribution in [3.05, 3.63) is 24.0 Å². The number of nitrogens with one attached hydrogen (secondary N) is 1.